The van der Waals surface area contributed by atoms with Crippen LogP contribution in [0, 0.1) is 3.57 Å². The lowest BCUT2D eigenvalue weighted by Gasteiger charge is -2.54. The molecule has 0 spiro atoms. The maximum atomic E-state index is 13.4. The minimum Gasteiger partial charge on any atom is -0.397 e. The van der Waals surface area contributed by atoms with Crippen LogP contribution in [0.15, 0.2) is 24.3 Å². The second-order valence-corrected chi connectivity index (χ2v) is 8.53. The van der Waals surface area contributed by atoms with Crippen molar-refractivity contribution in [2.45, 2.75) is 31.3 Å². The van der Waals surface area contributed by atoms with Crippen LogP contribution in [0.3, 0.4) is 0 Å². The van der Waals surface area contributed by atoms with E-state index in [1.54, 1.807) is 0 Å². The maximum absolute atomic E-state index is 13.4. The summed E-state index contributed by atoms with van der Waals surface area (Å²) in [5.41, 5.74) is 9.21. The summed E-state index contributed by atoms with van der Waals surface area (Å²) in [5.74, 6) is 0.201. The molecule has 124 valence electrons. The molecule has 0 aliphatic carbocycles. The third kappa shape index (κ3) is 1.91. The molecule has 5 heteroatoms. The number of piperidine rings is 3. The molecule has 0 radical (unpaired) electrons. The second kappa shape index (κ2) is 5.08. The molecule has 4 aliphatic rings. The number of hydrogen-bond acceptors (Lipinski definition) is 3. The van der Waals surface area contributed by atoms with E-state index in [1.165, 1.54) is 5.56 Å². The molecule has 4 nitrogen and oxygen atoms in total. The molecule has 4 aliphatic heterocycles. The van der Waals surface area contributed by atoms with Crippen molar-refractivity contribution < 1.29 is 4.79 Å². The first kappa shape index (κ1) is 15.0. The van der Waals surface area contributed by atoms with Crippen LogP contribution in [0.5, 0.6) is 0 Å². The van der Waals surface area contributed by atoms with Crippen molar-refractivity contribution in [2.75, 3.05) is 25.4 Å². The summed E-state index contributed by atoms with van der Waals surface area (Å²) in [5, 5.41) is 2.10. The average Bonchev–Trinajstić information content (AvgIpc) is 2.63. The normalized spacial score (nSPS) is 28.6. The summed E-state index contributed by atoms with van der Waals surface area (Å²) in [6.45, 7) is 4.10. The van der Waals surface area contributed by atoms with Crippen LogP contribution in [0.25, 0.3) is 10.8 Å². The number of rotatable bonds is 1. The van der Waals surface area contributed by atoms with Crippen molar-refractivity contribution in [3.8, 4) is 0 Å². The van der Waals surface area contributed by atoms with Crippen LogP contribution < -0.4 is 5.73 Å². The Hall–Kier alpha value is -1.34. The van der Waals surface area contributed by atoms with E-state index in [1.807, 2.05) is 12.1 Å². The first-order valence-corrected chi connectivity index (χ1v) is 9.71. The Morgan fingerprint density at radius 3 is 2.54 bits per heavy atom. The standard InChI is InChI=1S/C19H20IN3O/c20-15-10-14-16-12(2-1-3-13(16)17(15)21)11-23(18(14)24)19-4-7-22(8-5-19)9-6-19/h1-3,10H,4-9,11,21H2. The highest BCUT2D eigenvalue weighted by Crippen LogP contribution is 2.43. The fraction of sp³-hybridized carbons (Fsp3) is 0.421. The molecule has 2 bridgehead atoms. The summed E-state index contributed by atoms with van der Waals surface area (Å²) in [7, 11) is 0. The molecular weight excluding hydrogens is 413 g/mol. The van der Waals surface area contributed by atoms with Crippen LogP contribution in [-0.4, -0.2) is 40.9 Å². The number of nitrogen functional groups attached to an aromatic ring is 1. The van der Waals surface area contributed by atoms with Gasteiger partial charge in [0.25, 0.3) is 5.91 Å². The van der Waals surface area contributed by atoms with Crippen molar-refractivity contribution in [1.29, 1.82) is 0 Å². The Bertz CT molecular complexity index is 857. The van der Waals surface area contributed by atoms with Crippen LogP contribution in [-0.2, 0) is 6.54 Å². The van der Waals surface area contributed by atoms with E-state index < -0.39 is 0 Å². The number of nitrogens with zero attached hydrogens (tertiary/aromatic N) is 2. The van der Waals surface area contributed by atoms with Gasteiger partial charge in [-0.1, -0.05) is 18.2 Å². The molecule has 3 fully saturated rings. The highest BCUT2D eigenvalue weighted by molar-refractivity contribution is 14.1. The van der Waals surface area contributed by atoms with Crippen LogP contribution in [0.4, 0.5) is 5.69 Å². The van der Waals surface area contributed by atoms with Gasteiger partial charge >= 0.3 is 0 Å². The van der Waals surface area contributed by atoms with E-state index in [4.69, 9.17) is 5.73 Å². The molecule has 24 heavy (non-hydrogen) atoms. The van der Waals surface area contributed by atoms with Gasteiger partial charge < -0.3 is 15.5 Å². The number of halogens is 1. The predicted molar refractivity (Wildman–Crippen MR) is 104 cm³/mol. The Morgan fingerprint density at radius 2 is 1.83 bits per heavy atom. The van der Waals surface area contributed by atoms with Crippen molar-refractivity contribution in [3.63, 3.8) is 0 Å². The lowest BCUT2D eigenvalue weighted by molar-refractivity contribution is -0.0249. The SMILES string of the molecule is Nc1c(I)cc2c3c(cccc13)CN(C13CCN(CC1)CC3)C2=O. The smallest absolute Gasteiger partial charge is 0.255 e. The van der Waals surface area contributed by atoms with E-state index in [0.717, 1.165) is 71.0 Å². The van der Waals surface area contributed by atoms with Gasteiger partial charge in [-0.25, -0.2) is 0 Å². The molecule has 0 aromatic heterocycles. The molecule has 0 atom stereocenters. The zero-order valence-electron chi connectivity index (χ0n) is 13.5. The van der Waals surface area contributed by atoms with Crippen LogP contribution in [0.1, 0.15) is 35.2 Å². The number of nitrogens with two attached hydrogens (primary N) is 1. The third-order valence-electron chi connectivity index (χ3n) is 6.30. The first-order chi connectivity index (χ1) is 11.6. The quantitative estimate of drug-likeness (QED) is 0.555. The van der Waals surface area contributed by atoms with Gasteiger partial charge in [0.2, 0.25) is 0 Å². The van der Waals surface area contributed by atoms with Crippen molar-refractivity contribution in [3.05, 3.63) is 39.0 Å². The Labute approximate surface area is 155 Å². The lowest BCUT2D eigenvalue weighted by Crippen LogP contribution is -2.62. The van der Waals surface area contributed by atoms with Crippen molar-refractivity contribution in [2.24, 2.45) is 0 Å². The minimum absolute atomic E-state index is 0.0541. The molecule has 2 aromatic carbocycles. The fourth-order valence-corrected chi connectivity index (χ4v) is 5.43. The summed E-state index contributed by atoms with van der Waals surface area (Å²) in [6.07, 6.45) is 3.32. The summed E-state index contributed by atoms with van der Waals surface area (Å²) < 4.78 is 0.971. The van der Waals surface area contributed by atoms with Crippen molar-refractivity contribution >= 4 is 45.0 Å². The van der Waals surface area contributed by atoms with Gasteiger partial charge in [-0.05, 0) is 53.5 Å². The van der Waals surface area contributed by atoms with E-state index in [0.29, 0.717) is 0 Å². The zero-order chi connectivity index (χ0) is 16.5. The molecule has 2 N–H and O–H groups in total. The molecule has 3 saturated heterocycles. The second-order valence-electron chi connectivity index (χ2n) is 7.37. The van der Waals surface area contributed by atoms with E-state index in [2.05, 4.69) is 44.5 Å². The Balaban J connectivity index is 1.68. The number of carbonyl (C=O) groups is 1. The summed E-state index contributed by atoms with van der Waals surface area (Å²) in [4.78, 5) is 18.1. The summed E-state index contributed by atoms with van der Waals surface area (Å²) >= 11 is 2.25. The molecule has 0 saturated carbocycles. The number of carbonyl (C=O) groups excluding carboxylic acids is 1. The highest BCUT2D eigenvalue weighted by atomic mass is 127. The number of amides is 1. The predicted octanol–water partition coefficient (Wildman–Crippen LogP) is 3.22. The van der Waals surface area contributed by atoms with Gasteiger partial charge in [0.05, 0.1) is 5.69 Å². The molecule has 2 aromatic rings. The van der Waals surface area contributed by atoms with Crippen molar-refractivity contribution in [1.82, 2.24) is 9.80 Å². The van der Waals surface area contributed by atoms with Crippen LogP contribution >= 0.6 is 22.6 Å². The molecule has 6 rings (SSSR count). The number of benzene rings is 2. The van der Waals surface area contributed by atoms with Crippen LogP contribution in [0.2, 0.25) is 0 Å². The molecule has 0 unspecified atom stereocenters. The molecular formula is C19H20IN3O. The van der Waals surface area contributed by atoms with E-state index in [9.17, 15) is 4.79 Å². The monoisotopic (exact) mass is 433 g/mol. The third-order valence-corrected chi connectivity index (χ3v) is 7.19. The van der Waals surface area contributed by atoms with E-state index in [-0.39, 0.29) is 11.4 Å². The molecule has 1 amide bonds. The highest BCUT2D eigenvalue weighted by Gasteiger charge is 2.47. The topological polar surface area (TPSA) is 49.6 Å². The average molecular weight is 433 g/mol. The van der Waals surface area contributed by atoms with Gasteiger partial charge in [0, 0.05) is 51.6 Å². The Morgan fingerprint density at radius 1 is 1.12 bits per heavy atom. The summed E-state index contributed by atoms with van der Waals surface area (Å²) in [6, 6.07) is 8.26. The van der Waals surface area contributed by atoms with Gasteiger partial charge in [-0.15, -0.1) is 0 Å². The molecule has 4 heterocycles. The van der Waals surface area contributed by atoms with E-state index >= 15 is 0 Å². The zero-order valence-corrected chi connectivity index (χ0v) is 15.7. The first-order valence-electron chi connectivity index (χ1n) is 8.63. The maximum Gasteiger partial charge on any atom is 0.255 e. The number of anilines is 1. The lowest BCUT2D eigenvalue weighted by atomic mass is 9.76. The number of hydrogen-bond donors (Lipinski definition) is 1. The number of fused-ring (bicyclic) bond motifs is 3. The van der Waals surface area contributed by atoms with Gasteiger partial charge in [0.1, 0.15) is 0 Å². The van der Waals surface area contributed by atoms with Gasteiger partial charge in [-0.2, -0.15) is 0 Å². The fourth-order valence-electron chi connectivity index (χ4n) is 4.83. The Kier molecular flexibility index (Phi) is 3.17. The minimum atomic E-state index is 0.0541. The van der Waals surface area contributed by atoms with Gasteiger partial charge in [0.15, 0.2) is 0 Å². The largest absolute Gasteiger partial charge is 0.397 e. The van der Waals surface area contributed by atoms with Gasteiger partial charge in [-0.3, -0.25) is 4.79 Å².